The first-order valence-corrected chi connectivity index (χ1v) is 40.4. The maximum Gasteiger partial charge on any atom is 0.472 e. The van der Waals surface area contributed by atoms with Crippen LogP contribution in [0.1, 0.15) is 363 Å². The van der Waals surface area contributed by atoms with Crippen LogP contribution in [0.4, 0.5) is 0 Å². The number of carbonyl (C=O) groups is 4. The predicted molar refractivity (Wildman–Crippen MR) is 368 cm³/mol. The van der Waals surface area contributed by atoms with Crippen LogP contribution in [0.3, 0.4) is 0 Å². The number of unbranched alkanes of at least 4 members (excludes halogenated alkanes) is 36. The first-order valence-electron chi connectivity index (χ1n) is 37.4. The Kier molecular flexibility index (Phi) is 61.5. The fraction of sp³-hybridized carbons (Fsp3) is 0.944. The molecule has 3 N–H and O–H groups in total. The number of phosphoric acid groups is 2. The van der Waals surface area contributed by atoms with Crippen molar-refractivity contribution in [3.05, 3.63) is 0 Å². The normalized spacial score (nSPS) is 14.8. The van der Waals surface area contributed by atoms with Crippen LogP contribution in [-0.4, -0.2) is 96.7 Å². The van der Waals surface area contributed by atoms with Gasteiger partial charge in [0.25, 0.3) is 0 Å². The summed E-state index contributed by atoms with van der Waals surface area (Å²) in [6.45, 7) is 11.9. The average molecular weight is 1340 g/mol. The molecule has 0 saturated heterocycles. The Labute approximate surface area is 556 Å². The molecule has 4 unspecified atom stereocenters. The van der Waals surface area contributed by atoms with Crippen LogP contribution in [0, 0.1) is 17.8 Å². The zero-order valence-corrected chi connectivity index (χ0v) is 61.1. The van der Waals surface area contributed by atoms with Gasteiger partial charge in [-0.1, -0.05) is 312 Å². The molecule has 0 rings (SSSR count). The summed E-state index contributed by atoms with van der Waals surface area (Å²) in [5.74, 6) is 0.194. The molecule has 0 bridgehead atoms. The molecule has 0 amide bonds. The highest BCUT2D eigenvalue weighted by Gasteiger charge is 2.30. The van der Waals surface area contributed by atoms with E-state index in [1.807, 2.05) is 0 Å². The number of hydrogen-bond donors (Lipinski definition) is 3. The van der Waals surface area contributed by atoms with Crippen molar-refractivity contribution < 1.29 is 80.2 Å². The van der Waals surface area contributed by atoms with Gasteiger partial charge in [-0.2, -0.15) is 0 Å². The fourth-order valence-corrected chi connectivity index (χ4v) is 12.4. The highest BCUT2D eigenvalue weighted by molar-refractivity contribution is 7.47. The minimum absolute atomic E-state index is 0.105. The number of ether oxygens (including phenoxy) is 4. The first kappa shape index (κ1) is 89.1. The van der Waals surface area contributed by atoms with Crippen LogP contribution in [-0.2, 0) is 65.4 Å². The summed E-state index contributed by atoms with van der Waals surface area (Å²) in [4.78, 5) is 72.7. The van der Waals surface area contributed by atoms with Gasteiger partial charge in [-0.25, -0.2) is 9.13 Å². The molecule has 0 aromatic carbocycles. The average Bonchev–Trinajstić information content (AvgIpc) is 3.74. The summed E-state index contributed by atoms with van der Waals surface area (Å²) < 4.78 is 68.4. The Hall–Kier alpha value is -1.94. The third-order valence-corrected chi connectivity index (χ3v) is 19.3. The van der Waals surface area contributed by atoms with Crippen LogP contribution < -0.4 is 0 Å². The van der Waals surface area contributed by atoms with Crippen molar-refractivity contribution in [2.75, 3.05) is 39.6 Å². The zero-order chi connectivity index (χ0) is 67.3. The number of rotatable bonds is 70. The van der Waals surface area contributed by atoms with Crippen molar-refractivity contribution in [3.63, 3.8) is 0 Å². The number of phosphoric ester groups is 2. The lowest BCUT2D eigenvalue weighted by molar-refractivity contribution is -0.161. The molecule has 17 nitrogen and oxygen atoms in total. The molecular formula is C72H140O17P2. The highest BCUT2D eigenvalue weighted by atomic mass is 31.2. The van der Waals surface area contributed by atoms with E-state index < -0.39 is 97.5 Å². The minimum atomic E-state index is -4.95. The van der Waals surface area contributed by atoms with Crippen LogP contribution >= 0.6 is 15.6 Å². The number of hydrogen-bond acceptors (Lipinski definition) is 15. The Morgan fingerprint density at radius 2 is 0.560 bits per heavy atom. The van der Waals surface area contributed by atoms with Crippen molar-refractivity contribution in [1.82, 2.24) is 0 Å². The molecule has 91 heavy (non-hydrogen) atoms. The second-order valence-electron chi connectivity index (χ2n) is 26.9. The molecule has 0 saturated carbocycles. The van der Waals surface area contributed by atoms with Crippen molar-refractivity contribution in [3.8, 4) is 0 Å². The van der Waals surface area contributed by atoms with Crippen molar-refractivity contribution in [2.24, 2.45) is 17.8 Å². The second kappa shape index (κ2) is 62.8. The minimum Gasteiger partial charge on any atom is -0.462 e. The van der Waals surface area contributed by atoms with Crippen molar-refractivity contribution >= 4 is 39.5 Å². The molecule has 0 aliphatic heterocycles. The Morgan fingerprint density at radius 1 is 0.319 bits per heavy atom. The Balaban J connectivity index is 5.28. The maximum absolute atomic E-state index is 13.0. The van der Waals surface area contributed by atoms with Gasteiger partial charge >= 0.3 is 39.5 Å². The van der Waals surface area contributed by atoms with Gasteiger partial charge in [0.15, 0.2) is 12.2 Å². The number of esters is 4. The topological polar surface area (TPSA) is 237 Å². The van der Waals surface area contributed by atoms with E-state index in [-0.39, 0.29) is 25.7 Å². The lowest BCUT2D eigenvalue weighted by Crippen LogP contribution is -2.30. The third kappa shape index (κ3) is 63.9. The molecule has 0 aliphatic rings. The molecule has 0 fully saturated rings. The molecule has 0 aromatic heterocycles. The third-order valence-electron chi connectivity index (χ3n) is 17.4. The van der Waals surface area contributed by atoms with E-state index in [0.717, 1.165) is 108 Å². The summed E-state index contributed by atoms with van der Waals surface area (Å²) in [7, 11) is -9.91. The first-order chi connectivity index (χ1) is 43.8. The lowest BCUT2D eigenvalue weighted by atomic mass is 9.99. The SMILES string of the molecule is CCCCCCCCCCCCCCCC(=O)OC[C@H](COP(=O)(O)OC[C@@H](O)COP(=O)(O)OC[C@@H](COC(=O)CCCCCCCCCCC(C)CC)OC(=O)CCCCCCCCCCCC(C)C)OC(=O)CCCCCCCCCCCCC(C)CC. The summed E-state index contributed by atoms with van der Waals surface area (Å²) in [5, 5.41) is 10.6. The smallest absolute Gasteiger partial charge is 0.462 e. The van der Waals surface area contributed by atoms with Crippen LogP contribution in [0.2, 0.25) is 0 Å². The summed E-state index contributed by atoms with van der Waals surface area (Å²) in [6.07, 6.45) is 47.0. The standard InChI is InChI=1S/C72H140O17P2/c1-8-11-12-13-14-15-16-17-18-24-32-39-46-53-69(74)82-59-67(88-71(76)55-48-41-34-25-20-19-23-30-37-44-51-64(6)9-2)61-86-90(78,79)84-57-66(73)58-85-91(80,81)87-62-68(89-72(77)56-49-42-35-26-21-22-29-36-43-50-63(4)5)60-83-70(75)54-47-40-33-28-27-31-38-45-52-65(7)10-3/h63-68,73H,8-62H2,1-7H3,(H,78,79)(H,80,81)/t64?,65?,66-,67-,68-/m1/s1. The molecular weight excluding hydrogens is 1200 g/mol. The molecule has 19 heteroatoms. The number of aliphatic hydroxyl groups excluding tert-OH is 1. The molecule has 7 atom stereocenters. The molecule has 0 aromatic rings. The van der Waals surface area contributed by atoms with Gasteiger partial charge in [0.05, 0.1) is 26.4 Å². The van der Waals surface area contributed by atoms with Gasteiger partial charge in [-0.3, -0.25) is 37.3 Å². The molecule has 0 radical (unpaired) electrons. The zero-order valence-electron chi connectivity index (χ0n) is 59.3. The molecule has 0 spiro atoms. The van der Waals surface area contributed by atoms with E-state index in [0.29, 0.717) is 25.7 Å². The van der Waals surface area contributed by atoms with Gasteiger partial charge in [-0.05, 0) is 43.4 Å². The van der Waals surface area contributed by atoms with E-state index in [4.69, 9.17) is 37.0 Å². The van der Waals surface area contributed by atoms with Crippen LogP contribution in [0.15, 0.2) is 0 Å². The van der Waals surface area contributed by atoms with E-state index in [9.17, 15) is 43.2 Å². The van der Waals surface area contributed by atoms with E-state index in [1.165, 1.54) is 173 Å². The van der Waals surface area contributed by atoms with Crippen LogP contribution in [0.5, 0.6) is 0 Å². The lowest BCUT2D eigenvalue weighted by Gasteiger charge is -2.21. The van der Waals surface area contributed by atoms with Gasteiger partial charge < -0.3 is 33.8 Å². The van der Waals surface area contributed by atoms with Crippen LogP contribution in [0.25, 0.3) is 0 Å². The summed E-state index contributed by atoms with van der Waals surface area (Å²) in [6, 6.07) is 0. The predicted octanol–water partition coefficient (Wildman–Crippen LogP) is 20.6. The van der Waals surface area contributed by atoms with Gasteiger partial charge in [0.2, 0.25) is 0 Å². The number of carbonyl (C=O) groups excluding carboxylic acids is 4. The second-order valence-corrected chi connectivity index (χ2v) is 29.8. The van der Waals surface area contributed by atoms with E-state index in [1.54, 1.807) is 0 Å². The fourth-order valence-electron chi connectivity index (χ4n) is 10.8. The molecule has 0 heterocycles. The maximum atomic E-state index is 13.0. The Morgan fingerprint density at radius 3 is 0.835 bits per heavy atom. The number of aliphatic hydroxyl groups is 1. The quantitative estimate of drug-likeness (QED) is 0.0222. The van der Waals surface area contributed by atoms with Gasteiger partial charge in [-0.15, -0.1) is 0 Å². The van der Waals surface area contributed by atoms with E-state index in [2.05, 4.69) is 48.5 Å². The van der Waals surface area contributed by atoms with Gasteiger partial charge in [0.1, 0.15) is 19.3 Å². The monoisotopic (exact) mass is 1340 g/mol. The van der Waals surface area contributed by atoms with Crippen molar-refractivity contribution in [1.29, 1.82) is 0 Å². The highest BCUT2D eigenvalue weighted by Crippen LogP contribution is 2.45. The molecule has 540 valence electrons. The largest absolute Gasteiger partial charge is 0.472 e. The summed E-state index contributed by atoms with van der Waals surface area (Å²) in [5.41, 5.74) is 0. The van der Waals surface area contributed by atoms with E-state index >= 15 is 0 Å². The molecule has 0 aliphatic carbocycles. The Bertz CT molecular complexity index is 1790. The van der Waals surface area contributed by atoms with Crippen molar-refractivity contribution in [2.45, 2.75) is 381 Å². The van der Waals surface area contributed by atoms with Gasteiger partial charge in [0, 0.05) is 25.7 Å². The summed E-state index contributed by atoms with van der Waals surface area (Å²) >= 11 is 0.